The zero-order chi connectivity index (χ0) is 14.1. The first-order valence-corrected chi connectivity index (χ1v) is 6.13. The number of hydrogen-bond acceptors (Lipinski definition) is 4. The zero-order valence-electron chi connectivity index (χ0n) is 10.9. The van der Waals surface area contributed by atoms with E-state index < -0.39 is 0 Å². The van der Waals surface area contributed by atoms with Gasteiger partial charge in [-0.1, -0.05) is 17.3 Å². The van der Waals surface area contributed by atoms with E-state index in [4.69, 9.17) is 5.73 Å². The number of nitrogens with zero attached hydrogens (tertiary/aromatic N) is 3. The molecule has 3 N–H and O–H groups in total. The number of rotatable bonds is 2. The van der Waals surface area contributed by atoms with E-state index in [1.165, 1.54) is 0 Å². The number of carbonyl (C=O) groups excluding carboxylic acids is 1. The lowest BCUT2D eigenvalue weighted by molar-refractivity contribution is 0.0963. The van der Waals surface area contributed by atoms with Crippen LogP contribution in [0.2, 0.25) is 0 Å². The van der Waals surface area contributed by atoms with Crippen molar-refractivity contribution in [1.29, 1.82) is 0 Å². The molecule has 0 atom stereocenters. The normalized spacial score (nSPS) is 10.7. The minimum Gasteiger partial charge on any atom is -0.399 e. The summed E-state index contributed by atoms with van der Waals surface area (Å²) in [5, 5.41) is 10.8. The monoisotopic (exact) mass is 267 g/mol. The molecule has 0 saturated heterocycles. The Morgan fingerprint density at radius 2 is 2.05 bits per heavy atom. The molecule has 0 spiro atoms. The number of anilines is 1. The molecule has 0 aliphatic heterocycles. The number of aromatic nitrogens is 3. The van der Waals surface area contributed by atoms with Gasteiger partial charge in [-0.15, -0.1) is 5.10 Å². The number of carbonyl (C=O) groups is 1. The standard InChI is InChI=1S/C14H13N5O/c1-16-14(20)10-7-6-9(15)8-13(10)19-12-5-3-2-4-11(12)17-18-19/h2-8H,15H2,1H3,(H,16,20). The van der Waals surface area contributed by atoms with Crippen LogP contribution >= 0.6 is 0 Å². The number of nitrogen functional groups attached to an aromatic ring is 1. The lowest BCUT2D eigenvalue weighted by Crippen LogP contribution is -2.20. The SMILES string of the molecule is CNC(=O)c1ccc(N)cc1-n1nnc2ccccc21. The van der Waals surface area contributed by atoms with Gasteiger partial charge in [0.2, 0.25) is 0 Å². The summed E-state index contributed by atoms with van der Waals surface area (Å²) in [6, 6.07) is 12.6. The smallest absolute Gasteiger partial charge is 0.253 e. The number of benzene rings is 2. The van der Waals surface area contributed by atoms with Crippen LogP contribution in [0.1, 0.15) is 10.4 Å². The summed E-state index contributed by atoms with van der Waals surface area (Å²) in [7, 11) is 1.59. The van der Waals surface area contributed by atoms with Crippen LogP contribution in [-0.4, -0.2) is 27.9 Å². The molecule has 2 aromatic carbocycles. The minimum absolute atomic E-state index is 0.195. The molecule has 3 aromatic rings. The van der Waals surface area contributed by atoms with Crippen LogP contribution in [0.15, 0.2) is 42.5 Å². The third kappa shape index (κ3) is 1.87. The second-order valence-corrected chi connectivity index (χ2v) is 4.35. The van der Waals surface area contributed by atoms with Crippen LogP contribution in [0.25, 0.3) is 16.7 Å². The third-order valence-corrected chi connectivity index (χ3v) is 3.07. The molecule has 6 nitrogen and oxygen atoms in total. The van der Waals surface area contributed by atoms with Gasteiger partial charge in [0.05, 0.1) is 16.8 Å². The van der Waals surface area contributed by atoms with Crippen LogP contribution in [0, 0.1) is 0 Å². The topological polar surface area (TPSA) is 85.8 Å². The predicted molar refractivity (Wildman–Crippen MR) is 76.7 cm³/mol. The first-order chi connectivity index (χ1) is 9.70. The molecule has 1 amide bonds. The Kier molecular flexibility index (Phi) is 2.83. The maximum Gasteiger partial charge on any atom is 0.253 e. The zero-order valence-corrected chi connectivity index (χ0v) is 10.9. The quantitative estimate of drug-likeness (QED) is 0.686. The summed E-state index contributed by atoms with van der Waals surface area (Å²) in [5.74, 6) is -0.195. The van der Waals surface area contributed by atoms with E-state index in [9.17, 15) is 4.79 Å². The van der Waals surface area contributed by atoms with E-state index in [1.807, 2.05) is 24.3 Å². The molecule has 0 saturated carbocycles. The van der Waals surface area contributed by atoms with Gasteiger partial charge in [0, 0.05) is 12.7 Å². The van der Waals surface area contributed by atoms with Gasteiger partial charge in [-0.3, -0.25) is 4.79 Å². The van der Waals surface area contributed by atoms with Crippen molar-refractivity contribution < 1.29 is 4.79 Å². The molecule has 1 heterocycles. The van der Waals surface area contributed by atoms with E-state index in [1.54, 1.807) is 29.9 Å². The number of para-hydroxylation sites is 1. The van der Waals surface area contributed by atoms with Gasteiger partial charge in [-0.05, 0) is 30.3 Å². The number of fused-ring (bicyclic) bond motifs is 1. The van der Waals surface area contributed by atoms with Crippen molar-refractivity contribution >= 4 is 22.6 Å². The Morgan fingerprint density at radius 3 is 2.85 bits per heavy atom. The maximum absolute atomic E-state index is 12.0. The third-order valence-electron chi connectivity index (χ3n) is 3.07. The molecule has 6 heteroatoms. The fourth-order valence-electron chi connectivity index (χ4n) is 2.10. The summed E-state index contributed by atoms with van der Waals surface area (Å²) in [6.07, 6.45) is 0. The Hall–Kier alpha value is -2.89. The number of nitrogens with two attached hydrogens (primary N) is 1. The van der Waals surface area contributed by atoms with Crippen molar-refractivity contribution in [3.8, 4) is 5.69 Å². The average molecular weight is 267 g/mol. The molecular weight excluding hydrogens is 254 g/mol. The molecule has 100 valence electrons. The van der Waals surface area contributed by atoms with Crippen molar-refractivity contribution in [2.24, 2.45) is 0 Å². The number of hydrogen-bond donors (Lipinski definition) is 2. The van der Waals surface area contributed by atoms with Crippen LogP contribution in [0.3, 0.4) is 0 Å². The largest absolute Gasteiger partial charge is 0.399 e. The number of nitrogens with one attached hydrogen (secondary N) is 1. The van der Waals surface area contributed by atoms with Crippen LogP contribution in [0.5, 0.6) is 0 Å². The van der Waals surface area contributed by atoms with Gasteiger partial charge in [-0.2, -0.15) is 0 Å². The van der Waals surface area contributed by atoms with E-state index in [0.717, 1.165) is 11.0 Å². The fraction of sp³-hybridized carbons (Fsp3) is 0.0714. The Bertz CT molecular complexity index is 793. The minimum atomic E-state index is -0.195. The Balaban J connectivity index is 2.28. The second kappa shape index (κ2) is 4.65. The molecule has 20 heavy (non-hydrogen) atoms. The molecule has 0 radical (unpaired) electrons. The summed E-state index contributed by atoms with van der Waals surface area (Å²) >= 11 is 0. The van der Waals surface area contributed by atoms with Crippen LogP contribution in [0.4, 0.5) is 5.69 Å². The van der Waals surface area contributed by atoms with E-state index in [2.05, 4.69) is 15.6 Å². The average Bonchev–Trinajstić information content (AvgIpc) is 2.90. The highest BCUT2D eigenvalue weighted by Gasteiger charge is 2.15. The molecule has 0 aliphatic rings. The fourth-order valence-corrected chi connectivity index (χ4v) is 2.10. The van der Waals surface area contributed by atoms with Crippen molar-refractivity contribution in [1.82, 2.24) is 20.3 Å². The van der Waals surface area contributed by atoms with Gasteiger partial charge in [0.15, 0.2) is 0 Å². The molecule has 3 rings (SSSR count). The van der Waals surface area contributed by atoms with Gasteiger partial charge in [0.25, 0.3) is 5.91 Å². The Morgan fingerprint density at radius 1 is 1.25 bits per heavy atom. The van der Waals surface area contributed by atoms with Crippen molar-refractivity contribution in [3.63, 3.8) is 0 Å². The van der Waals surface area contributed by atoms with Crippen molar-refractivity contribution in [3.05, 3.63) is 48.0 Å². The first-order valence-electron chi connectivity index (χ1n) is 6.13. The van der Waals surface area contributed by atoms with Crippen molar-refractivity contribution in [2.75, 3.05) is 12.8 Å². The Labute approximate surface area is 115 Å². The molecule has 0 aliphatic carbocycles. The summed E-state index contributed by atoms with van der Waals surface area (Å²) in [6.45, 7) is 0. The molecule has 1 aromatic heterocycles. The van der Waals surface area contributed by atoms with E-state index in [-0.39, 0.29) is 5.91 Å². The first kappa shape index (κ1) is 12.2. The highest BCUT2D eigenvalue weighted by atomic mass is 16.1. The molecule has 0 unspecified atom stereocenters. The van der Waals surface area contributed by atoms with Crippen LogP contribution in [-0.2, 0) is 0 Å². The molecule has 0 fully saturated rings. The molecule has 0 bridgehead atoms. The van der Waals surface area contributed by atoms with Gasteiger partial charge in [0.1, 0.15) is 5.52 Å². The summed E-state index contributed by atoms with van der Waals surface area (Å²) < 4.78 is 1.62. The maximum atomic E-state index is 12.0. The van der Waals surface area contributed by atoms with Crippen molar-refractivity contribution in [2.45, 2.75) is 0 Å². The second-order valence-electron chi connectivity index (χ2n) is 4.35. The van der Waals surface area contributed by atoms with E-state index >= 15 is 0 Å². The van der Waals surface area contributed by atoms with Gasteiger partial charge >= 0.3 is 0 Å². The van der Waals surface area contributed by atoms with E-state index in [0.29, 0.717) is 16.9 Å². The highest BCUT2D eigenvalue weighted by Crippen LogP contribution is 2.21. The summed E-state index contributed by atoms with van der Waals surface area (Å²) in [5.41, 5.74) is 9.08. The summed E-state index contributed by atoms with van der Waals surface area (Å²) in [4.78, 5) is 12.0. The lowest BCUT2D eigenvalue weighted by atomic mass is 10.1. The van der Waals surface area contributed by atoms with Gasteiger partial charge in [-0.25, -0.2) is 4.68 Å². The van der Waals surface area contributed by atoms with Gasteiger partial charge < -0.3 is 11.1 Å². The van der Waals surface area contributed by atoms with Crippen LogP contribution < -0.4 is 11.1 Å². The molecular formula is C14H13N5O. The number of amides is 1. The predicted octanol–water partition coefficient (Wildman–Crippen LogP) is 1.36. The highest BCUT2D eigenvalue weighted by molar-refractivity contribution is 5.98. The lowest BCUT2D eigenvalue weighted by Gasteiger charge is -2.09.